The van der Waals surface area contributed by atoms with Crippen molar-refractivity contribution >= 4 is 28.2 Å². The minimum atomic E-state index is -0.517. The van der Waals surface area contributed by atoms with Gasteiger partial charge in [0.2, 0.25) is 5.91 Å². The van der Waals surface area contributed by atoms with Gasteiger partial charge in [-0.1, -0.05) is 61.5 Å². The Hall–Kier alpha value is -2.92. The van der Waals surface area contributed by atoms with Crippen LogP contribution in [0.15, 0.2) is 60.7 Å². The second-order valence-corrected chi connectivity index (χ2v) is 8.77. The van der Waals surface area contributed by atoms with Crippen LogP contribution in [-0.4, -0.2) is 11.8 Å². The predicted octanol–water partition coefficient (Wildman–Crippen LogP) is 4.74. The van der Waals surface area contributed by atoms with E-state index in [0.29, 0.717) is 22.9 Å². The number of hydrogen-bond donors (Lipinski definition) is 2. The molecule has 5 heteroatoms. The molecule has 0 bridgehead atoms. The lowest BCUT2D eigenvalue weighted by atomic mass is 9.99. The Morgan fingerprint density at radius 1 is 1.07 bits per heavy atom. The van der Waals surface area contributed by atoms with Gasteiger partial charge < -0.3 is 11.1 Å². The van der Waals surface area contributed by atoms with Crippen molar-refractivity contribution in [3.8, 4) is 0 Å². The van der Waals surface area contributed by atoms with Crippen molar-refractivity contribution in [2.45, 2.75) is 32.1 Å². The van der Waals surface area contributed by atoms with Crippen molar-refractivity contribution < 1.29 is 9.59 Å². The van der Waals surface area contributed by atoms with Gasteiger partial charge in [-0.05, 0) is 41.5 Å². The topological polar surface area (TPSA) is 72.2 Å². The molecule has 1 atom stereocenters. The Morgan fingerprint density at radius 2 is 1.69 bits per heavy atom. The average molecular weight is 405 g/mol. The van der Waals surface area contributed by atoms with Crippen molar-refractivity contribution in [2.75, 3.05) is 5.32 Å². The third-order valence-corrected chi connectivity index (χ3v) is 6.84. The van der Waals surface area contributed by atoms with Crippen molar-refractivity contribution in [1.82, 2.24) is 0 Å². The second-order valence-electron chi connectivity index (χ2n) is 7.68. The van der Waals surface area contributed by atoms with Gasteiger partial charge in [0.1, 0.15) is 5.00 Å². The molecule has 1 aliphatic carbocycles. The molecule has 2 amide bonds. The fourth-order valence-corrected chi connectivity index (χ4v) is 5.20. The Labute approximate surface area is 174 Å². The number of benzene rings is 2. The molecule has 0 spiro atoms. The lowest BCUT2D eigenvalue weighted by Crippen LogP contribution is -2.19. The number of nitrogens with one attached hydrogen (secondary N) is 1. The van der Waals surface area contributed by atoms with Gasteiger partial charge in [0.05, 0.1) is 5.56 Å². The molecule has 148 valence electrons. The van der Waals surface area contributed by atoms with Gasteiger partial charge in [-0.15, -0.1) is 11.3 Å². The first kappa shape index (κ1) is 19.4. The maximum absolute atomic E-state index is 12.7. The lowest BCUT2D eigenvalue weighted by molar-refractivity contribution is -0.117. The average Bonchev–Trinajstić information content (AvgIpc) is 3.31. The molecule has 0 saturated heterocycles. The Morgan fingerprint density at radius 3 is 2.31 bits per heavy atom. The van der Waals surface area contributed by atoms with E-state index in [0.717, 1.165) is 23.3 Å². The summed E-state index contributed by atoms with van der Waals surface area (Å²) in [5, 5.41) is 3.50. The summed E-state index contributed by atoms with van der Waals surface area (Å²) in [6.07, 6.45) is 2.29. The fraction of sp³-hybridized carbons (Fsp3) is 0.250. The van der Waals surface area contributed by atoms with Crippen LogP contribution in [-0.2, 0) is 17.6 Å². The minimum absolute atomic E-state index is 0.0638. The number of carbonyl (C=O) groups is 2. The molecular weight excluding hydrogens is 380 g/mol. The lowest BCUT2D eigenvalue weighted by Gasteiger charge is -2.10. The van der Waals surface area contributed by atoms with E-state index < -0.39 is 5.91 Å². The van der Waals surface area contributed by atoms with Crippen LogP contribution in [0.25, 0.3) is 0 Å². The second kappa shape index (κ2) is 8.21. The van der Waals surface area contributed by atoms with E-state index in [1.54, 1.807) is 0 Å². The number of fused-ring (bicyclic) bond motifs is 1. The molecule has 1 aromatic heterocycles. The summed E-state index contributed by atoms with van der Waals surface area (Å²) in [5.74, 6) is -0.163. The van der Waals surface area contributed by atoms with E-state index in [-0.39, 0.29) is 11.8 Å². The number of thiophene rings is 1. The molecule has 4 rings (SSSR count). The number of amides is 2. The van der Waals surface area contributed by atoms with E-state index in [4.69, 9.17) is 5.73 Å². The predicted molar refractivity (Wildman–Crippen MR) is 117 cm³/mol. The van der Waals surface area contributed by atoms with Crippen LogP contribution < -0.4 is 11.1 Å². The molecule has 1 unspecified atom stereocenters. The molecule has 0 radical (unpaired) electrons. The van der Waals surface area contributed by atoms with Crippen LogP contribution in [0.2, 0.25) is 0 Å². The van der Waals surface area contributed by atoms with Gasteiger partial charge in [0.15, 0.2) is 0 Å². The molecular formula is C24H24N2O2S. The van der Waals surface area contributed by atoms with Gasteiger partial charge in [0, 0.05) is 17.2 Å². The summed E-state index contributed by atoms with van der Waals surface area (Å²) in [6, 6.07) is 20.3. The van der Waals surface area contributed by atoms with E-state index in [1.165, 1.54) is 22.5 Å². The zero-order valence-corrected chi connectivity index (χ0v) is 17.2. The number of hydrogen-bond acceptors (Lipinski definition) is 3. The highest BCUT2D eigenvalue weighted by molar-refractivity contribution is 7.16. The van der Waals surface area contributed by atoms with Crippen LogP contribution >= 0.6 is 11.3 Å². The fourth-order valence-electron chi connectivity index (χ4n) is 4.04. The van der Waals surface area contributed by atoms with Gasteiger partial charge in [-0.2, -0.15) is 0 Å². The van der Waals surface area contributed by atoms with Gasteiger partial charge in [0.25, 0.3) is 5.91 Å². The smallest absolute Gasteiger partial charge is 0.251 e. The summed E-state index contributed by atoms with van der Waals surface area (Å²) in [4.78, 5) is 25.6. The third-order valence-electron chi connectivity index (χ3n) is 5.61. The molecule has 3 aromatic rings. The molecule has 0 fully saturated rings. The van der Waals surface area contributed by atoms with Gasteiger partial charge in [-0.25, -0.2) is 0 Å². The van der Waals surface area contributed by atoms with E-state index in [1.807, 2.05) is 36.4 Å². The molecule has 1 heterocycles. The maximum Gasteiger partial charge on any atom is 0.251 e. The molecule has 0 aliphatic heterocycles. The quantitative estimate of drug-likeness (QED) is 0.623. The monoisotopic (exact) mass is 404 g/mol. The molecule has 29 heavy (non-hydrogen) atoms. The van der Waals surface area contributed by atoms with Crippen LogP contribution in [0.3, 0.4) is 0 Å². The number of rotatable bonds is 6. The minimum Gasteiger partial charge on any atom is -0.366 e. The number of primary amides is 1. The summed E-state index contributed by atoms with van der Waals surface area (Å²) in [5.41, 5.74) is 9.79. The first-order valence-electron chi connectivity index (χ1n) is 9.86. The molecule has 1 aliphatic rings. The van der Waals surface area contributed by atoms with E-state index in [9.17, 15) is 9.59 Å². The SMILES string of the molecule is CC(c1ccccc1)c1cc(C(N)=O)c(NC(=O)CC2Cc3ccccc3C2)s1. The maximum atomic E-state index is 12.7. The highest BCUT2D eigenvalue weighted by Crippen LogP contribution is 2.36. The zero-order chi connectivity index (χ0) is 20.4. The zero-order valence-electron chi connectivity index (χ0n) is 16.4. The molecule has 2 aromatic carbocycles. The summed E-state index contributed by atoms with van der Waals surface area (Å²) in [6.45, 7) is 2.09. The van der Waals surface area contributed by atoms with Gasteiger partial charge in [-0.3, -0.25) is 9.59 Å². The number of nitrogens with two attached hydrogens (primary N) is 1. The Balaban J connectivity index is 1.47. The van der Waals surface area contributed by atoms with Crippen molar-refractivity contribution in [1.29, 1.82) is 0 Å². The molecule has 0 saturated carbocycles. The Kier molecular flexibility index (Phi) is 5.49. The van der Waals surface area contributed by atoms with Crippen molar-refractivity contribution in [3.05, 3.63) is 87.8 Å². The summed E-state index contributed by atoms with van der Waals surface area (Å²) >= 11 is 1.43. The largest absolute Gasteiger partial charge is 0.366 e. The van der Waals surface area contributed by atoms with Crippen LogP contribution in [0, 0.1) is 5.92 Å². The van der Waals surface area contributed by atoms with Crippen LogP contribution in [0.4, 0.5) is 5.00 Å². The summed E-state index contributed by atoms with van der Waals surface area (Å²) in [7, 11) is 0. The third kappa shape index (κ3) is 4.25. The number of carbonyl (C=O) groups excluding carboxylic acids is 2. The van der Waals surface area contributed by atoms with Crippen molar-refractivity contribution in [2.24, 2.45) is 11.7 Å². The van der Waals surface area contributed by atoms with E-state index >= 15 is 0 Å². The first-order valence-corrected chi connectivity index (χ1v) is 10.7. The van der Waals surface area contributed by atoms with Crippen LogP contribution in [0.1, 0.15) is 51.2 Å². The first-order chi connectivity index (χ1) is 14.0. The van der Waals surface area contributed by atoms with Crippen LogP contribution in [0.5, 0.6) is 0 Å². The highest BCUT2D eigenvalue weighted by atomic mass is 32.1. The molecule has 3 N–H and O–H groups in total. The highest BCUT2D eigenvalue weighted by Gasteiger charge is 2.25. The van der Waals surface area contributed by atoms with E-state index in [2.05, 4.69) is 36.5 Å². The van der Waals surface area contributed by atoms with Gasteiger partial charge >= 0.3 is 0 Å². The summed E-state index contributed by atoms with van der Waals surface area (Å²) < 4.78 is 0. The standard InChI is InChI=1S/C24H24N2O2S/c1-15(17-7-3-2-4-8-17)21-14-20(23(25)28)24(29-21)26-22(27)13-16-11-18-9-5-6-10-19(18)12-16/h2-10,14-16H,11-13H2,1H3,(H2,25,28)(H,26,27). The Bertz CT molecular complexity index is 1020. The normalized spacial score (nSPS) is 14.4. The molecule has 4 nitrogen and oxygen atoms in total. The van der Waals surface area contributed by atoms with Crippen molar-refractivity contribution in [3.63, 3.8) is 0 Å². The number of anilines is 1.